The maximum absolute atomic E-state index is 11.4. The number of hydrogen-bond donors (Lipinski definition) is 0. The molecule has 1 aromatic rings. The Kier molecular flexibility index (Phi) is 4.64. The lowest BCUT2D eigenvalue weighted by molar-refractivity contribution is -0.150. The van der Waals surface area contributed by atoms with Gasteiger partial charge >= 0.3 is 5.97 Å². The van der Waals surface area contributed by atoms with Crippen molar-refractivity contribution >= 4 is 5.97 Å². The number of esters is 1. The van der Waals surface area contributed by atoms with Crippen LogP contribution in [0.3, 0.4) is 0 Å². The van der Waals surface area contributed by atoms with E-state index < -0.39 is 12.1 Å². The monoisotopic (exact) mass is 252 g/mol. The van der Waals surface area contributed by atoms with Crippen LogP contribution in [0.2, 0.25) is 0 Å². The molecule has 0 N–H and O–H groups in total. The van der Waals surface area contributed by atoms with E-state index in [1.165, 1.54) is 0 Å². The Morgan fingerprint density at radius 1 is 1.44 bits per heavy atom. The van der Waals surface area contributed by atoms with Gasteiger partial charge in [-0.05, 0) is 13.8 Å². The summed E-state index contributed by atoms with van der Waals surface area (Å²) >= 11 is 0. The standard InChI is InChI=1S/C13H20N2O3/c1-6-17-11(16)9(2)18-10-7-8-14-12(15-10)13(3,4)5/h7-9H,6H2,1-5H3. The van der Waals surface area contributed by atoms with Gasteiger partial charge < -0.3 is 9.47 Å². The molecule has 0 aromatic carbocycles. The zero-order valence-corrected chi connectivity index (χ0v) is 11.6. The van der Waals surface area contributed by atoms with Crippen LogP contribution in [0.25, 0.3) is 0 Å². The zero-order valence-electron chi connectivity index (χ0n) is 11.6. The minimum atomic E-state index is -0.673. The van der Waals surface area contributed by atoms with Gasteiger partial charge in [-0.15, -0.1) is 0 Å². The van der Waals surface area contributed by atoms with Gasteiger partial charge in [0.25, 0.3) is 0 Å². The van der Waals surface area contributed by atoms with Crippen LogP contribution in [-0.2, 0) is 14.9 Å². The highest BCUT2D eigenvalue weighted by molar-refractivity contribution is 5.74. The first-order valence-electron chi connectivity index (χ1n) is 6.01. The number of rotatable bonds is 4. The number of nitrogens with zero attached hydrogens (tertiary/aromatic N) is 2. The summed E-state index contributed by atoms with van der Waals surface area (Å²) < 4.78 is 10.3. The van der Waals surface area contributed by atoms with Crippen molar-refractivity contribution in [3.8, 4) is 5.88 Å². The third-order valence-electron chi connectivity index (χ3n) is 2.22. The molecule has 0 spiro atoms. The summed E-state index contributed by atoms with van der Waals surface area (Å²) in [6, 6.07) is 1.63. The third-order valence-corrected chi connectivity index (χ3v) is 2.22. The summed E-state index contributed by atoms with van der Waals surface area (Å²) in [5, 5.41) is 0. The van der Waals surface area contributed by atoms with Crippen LogP contribution >= 0.6 is 0 Å². The fourth-order valence-corrected chi connectivity index (χ4v) is 1.26. The minimum Gasteiger partial charge on any atom is -0.463 e. The Morgan fingerprint density at radius 3 is 2.67 bits per heavy atom. The molecule has 0 saturated carbocycles. The zero-order chi connectivity index (χ0) is 13.8. The molecule has 0 saturated heterocycles. The molecule has 1 rings (SSSR count). The van der Waals surface area contributed by atoms with E-state index in [9.17, 15) is 4.79 Å². The first-order valence-corrected chi connectivity index (χ1v) is 6.01. The molecular formula is C13H20N2O3. The molecule has 1 atom stereocenters. The quantitative estimate of drug-likeness (QED) is 0.768. The average Bonchev–Trinajstić information content (AvgIpc) is 2.28. The number of carbonyl (C=O) groups excluding carboxylic acids is 1. The molecule has 1 heterocycles. The van der Waals surface area contributed by atoms with Gasteiger partial charge in [0.15, 0.2) is 6.10 Å². The first-order chi connectivity index (χ1) is 8.34. The van der Waals surface area contributed by atoms with Gasteiger partial charge in [-0.2, -0.15) is 4.98 Å². The van der Waals surface area contributed by atoms with Crippen LogP contribution < -0.4 is 4.74 Å². The molecule has 0 radical (unpaired) electrons. The van der Waals surface area contributed by atoms with Crippen LogP contribution in [0.1, 0.15) is 40.4 Å². The topological polar surface area (TPSA) is 61.3 Å². The van der Waals surface area contributed by atoms with E-state index in [1.807, 2.05) is 20.8 Å². The third kappa shape index (κ3) is 3.98. The molecule has 1 aromatic heterocycles. The second kappa shape index (κ2) is 5.80. The highest BCUT2D eigenvalue weighted by Gasteiger charge is 2.20. The van der Waals surface area contributed by atoms with Gasteiger partial charge in [0, 0.05) is 17.7 Å². The lowest BCUT2D eigenvalue weighted by Gasteiger charge is -2.18. The van der Waals surface area contributed by atoms with Crippen LogP contribution in [0.4, 0.5) is 0 Å². The van der Waals surface area contributed by atoms with Crippen molar-refractivity contribution < 1.29 is 14.3 Å². The number of aromatic nitrogens is 2. The smallest absolute Gasteiger partial charge is 0.347 e. The SMILES string of the molecule is CCOC(=O)C(C)Oc1ccnc(C(C)(C)C)n1. The van der Waals surface area contributed by atoms with Crippen molar-refractivity contribution in [3.05, 3.63) is 18.1 Å². The first kappa shape index (κ1) is 14.4. The van der Waals surface area contributed by atoms with Crippen molar-refractivity contribution in [2.24, 2.45) is 0 Å². The number of carbonyl (C=O) groups is 1. The van der Waals surface area contributed by atoms with Gasteiger partial charge in [-0.25, -0.2) is 9.78 Å². The highest BCUT2D eigenvalue weighted by atomic mass is 16.6. The van der Waals surface area contributed by atoms with Crippen LogP contribution in [-0.4, -0.2) is 28.6 Å². The van der Waals surface area contributed by atoms with E-state index >= 15 is 0 Å². The highest BCUT2D eigenvalue weighted by Crippen LogP contribution is 2.20. The van der Waals surface area contributed by atoms with Gasteiger partial charge in [-0.1, -0.05) is 20.8 Å². The molecule has 0 bridgehead atoms. The second-order valence-electron chi connectivity index (χ2n) is 4.98. The Balaban J connectivity index is 2.76. The molecule has 0 amide bonds. The van der Waals surface area contributed by atoms with E-state index in [2.05, 4.69) is 9.97 Å². The van der Waals surface area contributed by atoms with Crippen molar-refractivity contribution in [2.45, 2.75) is 46.1 Å². The van der Waals surface area contributed by atoms with Crippen LogP contribution in [0, 0.1) is 0 Å². The van der Waals surface area contributed by atoms with Crippen LogP contribution in [0.15, 0.2) is 12.3 Å². The predicted molar refractivity (Wildman–Crippen MR) is 67.5 cm³/mol. The fraction of sp³-hybridized carbons (Fsp3) is 0.615. The second-order valence-corrected chi connectivity index (χ2v) is 4.98. The molecule has 5 heteroatoms. The maximum Gasteiger partial charge on any atom is 0.347 e. The Hall–Kier alpha value is -1.65. The average molecular weight is 252 g/mol. The molecule has 0 aliphatic carbocycles. The molecular weight excluding hydrogens is 232 g/mol. The van der Waals surface area contributed by atoms with E-state index in [0.717, 1.165) is 0 Å². The largest absolute Gasteiger partial charge is 0.463 e. The summed E-state index contributed by atoms with van der Waals surface area (Å²) in [6.45, 7) is 9.77. The molecule has 100 valence electrons. The Labute approximate surface area is 108 Å². The minimum absolute atomic E-state index is 0.160. The van der Waals surface area contributed by atoms with Crippen molar-refractivity contribution in [1.29, 1.82) is 0 Å². The van der Waals surface area contributed by atoms with E-state index in [-0.39, 0.29) is 5.41 Å². The summed E-state index contributed by atoms with van der Waals surface area (Å²) in [6.07, 6.45) is 0.952. The lowest BCUT2D eigenvalue weighted by Crippen LogP contribution is -2.27. The van der Waals surface area contributed by atoms with Gasteiger partial charge in [0.05, 0.1) is 6.61 Å². The number of hydrogen-bond acceptors (Lipinski definition) is 5. The summed E-state index contributed by atoms with van der Waals surface area (Å²) in [5.41, 5.74) is -0.160. The Bertz CT molecular complexity index is 413. The summed E-state index contributed by atoms with van der Waals surface area (Å²) in [4.78, 5) is 19.9. The van der Waals surface area contributed by atoms with Crippen molar-refractivity contribution in [1.82, 2.24) is 9.97 Å². The van der Waals surface area contributed by atoms with Crippen LogP contribution in [0.5, 0.6) is 5.88 Å². The summed E-state index contributed by atoms with van der Waals surface area (Å²) in [5.74, 6) is 0.667. The van der Waals surface area contributed by atoms with Gasteiger partial charge in [0.2, 0.25) is 5.88 Å². The van der Waals surface area contributed by atoms with Crippen molar-refractivity contribution in [2.75, 3.05) is 6.61 Å². The lowest BCUT2D eigenvalue weighted by atomic mass is 9.96. The molecule has 18 heavy (non-hydrogen) atoms. The normalized spacial score (nSPS) is 12.9. The number of ether oxygens (including phenoxy) is 2. The molecule has 5 nitrogen and oxygen atoms in total. The van der Waals surface area contributed by atoms with E-state index in [4.69, 9.17) is 9.47 Å². The molecule has 1 unspecified atom stereocenters. The predicted octanol–water partition coefficient (Wildman–Crippen LogP) is 2.10. The summed E-state index contributed by atoms with van der Waals surface area (Å²) in [7, 11) is 0. The van der Waals surface area contributed by atoms with E-state index in [1.54, 1.807) is 26.1 Å². The molecule has 0 aliphatic heterocycles. The Morgan fingerprint density at radius 2 is 2.11 bits per heavy atom. The maximum atomic E-state index is 11.4. The molecule has 0 aliphatic rings. The van der Waals surface area contributed by atoms with Crippen molar-refractivity contribution in [3.63, 3.8) is 0 Å². The molecule has 0 fully saturated rings. The van der Waals surface area contributed by atoms with Gasteiger partial charge in [-0.3, -0.25) is 0 Å². The van der Waals surface area contributed by atoms with Gasteiger partial charge in [0.1, 0.15) is 5.82 Å². The van der Waals surface area contributed by atoms with E-state index in [0.29, 0.717) is 18.3 Å². The fourth-order valence-electron chi connectivity index (χ4n) is 1.26.